The van der Waals surface area contributed by atoms with Crippen LogP contribution < -0.4 is 14.8 Å². The second kappa shape index (κ2) is 5.99. The van der Waals surface area contributed by atoms with Crippen molar-refractivity contribution >= 4 is 22.5 Å². The minimum absolute atomic E-state index is 0.119. The highest BCUT2D eigenvalue weighted by atomic mass is 19.1. The van der Waals surface area contributed by atoms with Gasteiger partial charge in [0.2, 0.25) is 12.7 Å². The van der Waals surface area contributed by atoms with Crippen LogP contribution in [0.4, 0.5) is 10.1 Å². The largest absolute Gasteiger partial charge is 0.454 e. The van der Waals surface area contributed by atoms with E-state index < -0.39 is 11.2 Å². The van der Waals surface area contributed by atoms with Crippen molar-refractivity contribution in [2.75, 3.05) is 12.1 Å². The molecular formula is C23H23FN2O3. The summed E-state index contributed by atoms with van der Waals surface area (Å²) in [5, 5.41) is 3.31. The Hall–Kier alpha value is -3.02. The number of hydrogen-bond acceptors (Lipinski definition) is 3. The van der Waals surface area contributed by atoms with E-state index in [9.17, 15) is 4.79 Å². The zero-order chi connectivity index (χ0) is 20.4. The molecule has 0 spiro atoms. The van der Waals surface area contributed by atoms with E-state index in [0.717, 1.165) is 29.6 Å². The molecule has 29 heavy (non-hydrogen) atoms. The number of anilines is 1. The van der Waals surface area contributed by atoms with Gasteiger partial charge in [0.15, 0.2) is 17.3 Å². The van der Waals surface area contributed by atoms with Crippen LogP contribution in [0.1, 0.15) is 44.9 Å². The van der Waals surface area contributed by atoms with Gasteiger partial charge in [-0.1, -0.05) is 26.8 Å². The maximum Gasteiger partial charge on any atom is 0.235 e. The number of nitrogens with one attached hydrogen (secondary N) is 2. The summed E-state index contributed by atoms with van der Waals surface area (Å²) in [4.78, 5) is 16.4. The molecule has 2 N–H and O–H groups in total. The van der Waals surface area contributed by atoms with Gasteiger partial charge in [0.1, 0.15) is 0 Å². The van der Waals surface area contributed by atoms with Crippen LogP contribution >= 0.6 is 0 Å². The highest BCUT2D eigenvalue weighted by molar-refractivity contribution is 6.02. The van der Waals surface area contributed by atoms with Crippen molar-refractivity contribution < 1.29 is 18.7 Å². The third kappa shape index (κ3) is 2.85. The summed E-state index contributed by atoms with van der Waals surface area (Å²) in [7, 11) is 0. The lowest BCUT2D eigenvalue weighted by Crippen LogP contribution is -2.28. The second-order valence-corrected chi connectivity index (χ2v) is 8.93. The second-order valence-electron chi connectivity index (χ2n) is 8.93. The molecule has 0 bridgehead atoms. The van der Waals surface area contributed by atoms with Crippen molar-refractivity contribution in [1.82, 2.24) is 4.98 Å². The first-order chi connectivity index (χ1) is 13.8. The van der Waals surface area contributed by atoms with Crippen LogP contribution in [0.3, 0.4) is 0 Å². The molecule has 0 saturated heterocycles. The van der Waals surface area contributed by atoms with Crippen LogP contribution in [0.2, 0.25) is 0 Å². The predicted molar refractivity (Wildman–Crippen MR) is 109 cm³/mol. The van der Waals surface area contributed by atoms with E-state index in [4.69, 9.17) is 9.47 Å². The molecule has 2 aliphatic rings. The highest BCUT2D eigenvalue weighted by Crippen LogP contribution is 2.51. The minimum Gasteiger partial charge on any atom is -0.454 e. The number of benzene rings is 2. The average molecular weight is 394 g/mol. The lowest BCUT2D eigenvalue weighted by molar-refractivity contribution is -0.118. The Bertz CT molecular complexity index is 1140. The van der Waals surface area contributed by atoms with Crippen LogP contribution in [0.5, 0.6) is 11.5 Å². The van der Waals surface area contributed by atoms with Crippen molar-refractivity contribution in [1.29, 1.82) is 0 Å². The first kappa shape index (κ1) is 18.0. The zero-order valence-corrected chi connectivity index (χ0v) is 16.7. The standard InChI is InChI=1S/C23H23FN2O3/c1-22(2,3)19-11-14-15(25-19)5-6-16(20(14)24)26-21(27)23(8-9-23)13-4-7-17-18(10-13)29-12-28-17/h4-7,10-11,25H,8-9,12H2,1-3H3,(H,26,27). The maximum absolute atomic E-state index is 15.2. The number of amides is 1. The normalized spacial score (nSPS) is 16.8. The lowest BCUT2D eigenvalue weighted by atomic mass is 9.92. The average Bonchev–Trinajstić information content (AvgIpc) is 3.14. The minimum atomic E-state index is -0.642. The Morgan fingerprint density at radius 3 is 2.59 bits per heavy atom. The fraction of sp³-hybridized carbons (Fsp3) is 0.348. The fourth-order valence-corrected chi connectivity index (χ4v) is 3.88. The molecule has 1 amide bonds. The fourth-order valence-electron chi connectivity index (χ4n) is 3.88. The predicted octanol–water partition coefficient (Wildman–Crippen LogP) is 5.00. The van der Waals surface area contributed by atoms with Gasteiger partial charge in [0.05, 0.1) is 11.1 Å². The van der Waals surface area contributed by atoms with Gasteiger partial charge in [-0.15, -0.1) is 0 Å². The molecule has 1 fully saturated rings. The summed E-state index contributed by atoms with van der Waals surface area (Å²) >= 11 is 0. The number of ether oxygens (including phenoxy) is 2. The number of fused-ring (bicyclic) bond motifs is 2. The Morgan fingerprint density at radius 1 is 1.10 bits per heavy atom. The molecular weight excluding hydrogens is 371 g/mol. The van der Waals surface area contributed by atoms with Crippen LogP contribution in [0.25, 0.3) is 10.9 Å². The van der Waals surface area contributed by atoms with E-state index in [-0.39, 0.29) is 23.8 Å². The van der Waals surface area contributed by atoms with Crippen LogP contribution in [0.15, 0.2) is 36.4 Å². The molecule has 1 saturated carbocycles. The van der Waals surface area contributed by atoms with E-state index in [1.54, 1.807) is 6.07 Å². The third-order valence-electron chi connectivity index (χ3n) is 5.90. The highest BCUT2D eigenvalue weighted by Gasteiger charge is 2.51. The van der Waals surface area contributed by atoms with Crippen molar-refractivity contribution in [2.24, 2.45) is 0 Å². The lowest BCUT2D eigenvalue weighted by Gasteiger charge is -2.17. The number of H-pyrrole nitrogens is 1. The number of hydrogen-bond donors (Lipinski definition) is 2. The van der Waals surface area contributed by atoms with E-state index in [1.165, 1.54) is 0 Å². The summed E-state index contributed by atoms with van der Waals surface area (Å²) in [5.41, 5.74) is 1.99. The Kier molecular flexibility index (Phi) is 3.72. The number of rotatable bonds is 3. The molecule has 6 heteroatoms. The van der Waals surface area contributed by atoms with Gasteiger partial charge in [-0.2, -0.15) is 0 Å². The van der Waals surface area contributed by atoms with E-state index in [1.807, 2.05) is 30.3 Å². The molecule has 3 aromatic rings. The molecule has 0 radical (unpaired) electrons. The number of aromatic nitrogens is 1. The van der Waals surface area contributed by atoms with E-state index >= 15 is 4.39 Å². The van der Waals surface area contributed by atoms with Gasteiger partial charge in [0, 0.05) is 22.0 Å². The quantitative estimate of drug-likeness (QED) is 0.657. The van der Waals surface area contributed by atoms with Gasteiger partial charge in [-0.05, 0) is 48.7 Å². The summed E-state index contributed by atoms with van der Waals surface area (Å²) in [6.07, 6.45) is 1.45. The molecule has 2 heterocycles. The summed E-state index contributed by atoms with van der Waals surface area (Å²) in [6.45, 7) is 6.40. The number of halogens is 1. The Morgan fingerprint density at radius 2 is 1.86 bits per heavy atom. The number of carbonyl (C=O) groups excluding carboxylic acids is 1. The molecule has 1 aromatic heterocycles. The molecule has 0 unspecified atom stereocenters. The smallest absolute Gasteiger partial charge is 0.235 e. The van der Waals surface area contributed by atoms with Crippen LogP contribution in [-0.2, 0) is 15.6 Å². The van der Waals surface area contributed by atoms with Gasteiger partial charge in [0.25, 0.3) is 0 Å². The summed E-state index contributed by atoms with van der Waals surface area (Å²) < 4.78 is 25.9. The van der Waals surface area contributed by atoms with Crippen LogP contribution in [-0.4, -0.2) is 17.7 Å². The zero-order valence-electron chi connectivity index (χ0n) is 16.7. The Labute approximate surface area is 168 Å². The first-order valence-corrected chi connectivity index (χ1v) is 9.81. The molecule has 150 valence electrons. The molecule has 2 aromatic carbocycles. The third-order valence-corrected chi connectivity index (χ3v) is 5.90. The van der Waals surface area contributed by atoms with Gasteiger partial charge in [-0.25, -0.2) is 4.39 Å². The molecule has 5 nitrogen and oxygen atoms in total. The molecule has 0 atom stereocenters. The van der Waals surface area contributed by atoms with Gasteiger partial charge in [-0.3, -0.25) is 4.79 Å². The maximum atomic E-state index is 15.2. The van der Waals surface area contributed by atoms with Crippen molar-refractivity contribution in [2.45, 2.75) is 44.4 Å². The van der Waals surface area contributed by atoms with E-state index in [0.29, 0.717) is 16.9 Å². The molecule has 1 aliphatic carbocycles. The first-order valence-electron chi connectivity index (χ1n) is 9.81. The number of carbonyl (C=O) groups is 1. The summed E-state index contributed by atoms with van der Waals surface area (Å²) in [5.74, 6) is 0.727. The monoisotopic (exact) mass is 394 g/mol. The number of aromatic amines is 1. The van der Waals surface area contributed by atoms with Crippen molar-refractivity contribution in [3.05, 3.63) is 53.5 Å². The molecule has 1 aliphatic heterocycles. The van der Waals surface area contributed by atoms with Crippen molar-refractivity contribution in [3.63, 3.8) is 0 Å². The van der Waals surface area contributed by atoms with Crippen molar-refractivity contribution in [3.8, 4) is 11.5 Å². The summed E-state index contributed by atoms with van der Waals surface area (Å²) in [6, 6.07) is 10.8. The van der Waals surface area contributed by atoms with E-state index in [2.05, 4.69) is 31.1 Å². The van der Waals surface area contributed by atoms with Gasteiger partial charge < -0.3 is 19.8 Å². The van der Waals surface area contributed by atoms with Crippen LogP contribution in [0, 0.1) is 5.82 Å². The SMILES string of the molecule is CC(C)(C)c1cc2c(F)c(NC(=O)C3(c4ccc5c(c4)OCO5)CC3)ccc2[nH]1. The molecule has 5 rings (SSSR count). The van der Waals surface area contributed by atoms with Gasteiger partial charge >= 0.3 is 0 Å². The Balaban J connectivity index is 1.45. The topological polar surface area (TPSA) is 63.4 Å².